The van der Waals surface area contributed by atoms with Crippen LogP contribution in [0.2, 0.25) is 0 Å². The van der Waals surface area contributed by atoms with Crippen LogP contribution in [0.25, 0.3) is 11.3 Å². The van der Waals surface area contributed by atoms with Crippen LogP contribution in [0.3, 0.4) is 0 Å². The smallest absolute Gasteiger partial charge is 0.181 e. The van der Waals surface area contributed by atoms with Gasteiger partial charge in [0.1, 0.15) is 5.75 Å². The number of hydrogen-bond acceptors (Lipinski definition) is 6. The van der Waals surface area contributed by atoms with Crippen LogP contribution in [0.15, 0.2) is 64.8 Å². The third kappa shape index (κ3) is 3.12. The molecule has 1 aromatic carbocycles. The average molecular weight is 294 g/mol. The monoisotopic (exact) mass is 294 g/mol. The van der Waals surface area contributed by atoms with Gasteiger partial charge in [0.2, 0.25) is 0 Å². The first-order valence-corrected chi connectivity index (χ1v) is 6.63. The number of benzene rings is 1. The zero-order valence-corrected chi connectivity index (χ0v) is 11.9. The largest absolute Gasteiger partial charge is 0.496 e. The predicted molar refractivity (Wildman–Crippen MR) is 83.9 cm³/mol. The summed E-state index contributed by atoms with van der Waals surface area (Å²) in [6.07, 6.45) is 8.19. The molecule has 0 radical (unpaired) electrons. The molecule has 0 unspecified atom stereocenters. The highest BCUT2D eigenvalue weighted by molar-refractivity contribution is 5.80. The molecule has 0 atom stereocenters. The summed E-state index contributed by atoms with van der Waals surface area (Å²) in [6, 6.07) is 9.38. The van der Waals surface area contributed by atoms with E-state index in [2.05, 4.69) is 20.5 Å². The van der Waals surface area contributed by atoms with E-state index in [1.54, 1.807) is 31.9 Å². The van der Waals surface area contributed by atoms with E-state index in [9.17, 15) is 0 Å². The van der Waals surface area contributed by atoms with Crippen LogP contribution in [-0.4, -0.2) is 23.3 Å². The van der Waals surface area contributed by atoms with Crippen LogP contribution >= 0.6 is 0 Å². The summed E-state index contributed by atoms with van der Waals surface area (Å²) in [6.45, 7) is 0. The van der Waals surface area contributed by atoms with E-state index in [4.69, 9.17) is 9.15 Å². The Morgan fingerprint density at radius 3 is 2.77 bits per heavy atom. The third-order valence-corrected chi connectivity index (χ3v) is 3.01. The second kappa shape index (κ2) is 6.53. The molecule has 6 nitrogen and oxygen atoms in total. The van der Waals surface area contributed by atoms with Crippen molar-refractivity contribution in [2.75, 3.05) is 12.5 Å². The van der Waals surface area contributed by atoms with Gasteiger partial charge < -0.3 is 9.15 Å². The van der Waals surface area contributed by atoms with Gasteiger partial charge in [-0.2, -0.15) is 5.10 Å². The van der Waals surface area contributed by atoms with Crippen LogP contribution in [0.4, 0.5) is 5.69 Å². The van der Waals surface area contributed by atoms with Gasteiger partial charge in [0.15, 0.2) is 12.2 Å². The maximum absolute atomic E-state index is 5.39. The second-order valence-electron chi connectivity index (χ2n) is 4.43. The first kappa shape index (κ1) is 13.8. The number of hydrazone groups is 1. The summed E-state index contributed by atoms with van der Waals surface area (Å²) < 4.78 is 10.7. The molecule has 0 fully saturated rings. The van der Waals surface area contributed by atoms with Gasteiger partial charge in [-0.25, -0.2) is 4.98 Å². The fourth-order valence-corrected chi connectivity index (χ4v) is 1.94. The van der Waals surface area contributed by atoms with Crippen LogP contribution in [0.5, 0.6) is 5.75 Å². The first-order valence-electron chi connectivity index (χ1n) is 6.63. The number of nitrogens with one attached hydrogen (secondary N) is 1. The van der Waals surface area contributed by atoms with Gasteiger partial charge in [0, 0.05) is 18.5 Å². The normalized spacial score (nSPS) is 10.8. The Hall–Kier alpha value is -3.15. The summed E-state index contributed by atoms with van der Waals surface area (Å²) in [5, 5.41) is 4.19. The van der Waals surface area contributed by atoms with Gasteiger partial charge in [-0.15, -0.1) is 0 Å². The van der Waals surface area contributed by atoms with Crippen molar-refractivity contribution in [1.82, 2.24) is 9.97 Å². The Labute approximate surface area is 127 Å². The predicted octanol–water partition coefficient (Wildman–Crippen LogP) is 3.19. The lowest BCUT2D eigenvalue weighted by molar-refractivity contribution is 0.415. The van der Waals surface area contributed by atoms with Crippen molar-refractivity contribution >= 4 is 11.9 Å². The molecule has 0 aliphatic carbocycles. The zero-order chi connectivity index (χ0) is 15.2. The number of anilines is 1. The molecule has 2 heterocycles. The molecule has 0 amide bonds. The van der Waals surface area contributed by atoms with Gasteiger partial charge in [-0.1, -0.05) is 0 Å². The summed E-state index contributed by atoms with van der Waals surface area (Å²) in [5.74, 6) is 1.34. The van der Waals surface area contributed by atoms with E-state index in [0.717, 1.165) is 16.8 Å². The van der Waals surface area contributed by atoms with E-state index < -0.39 is 0 Å². The van der Waals surface area contributed by atoms with Crippen molar-refractivity contribution in [3.05, 3.63) is 60.9 Å². The van der Waals surface area contributed by atoms with Crippen LogP contribution in [0, 0.1) is 0 Å². The summed E-state index contributed by atoms with van der Waals surface area (Å²) in [4.78, 5) is 7.87. The highest BCUT2D eigenvalue weighted by Gasteiger charge is 2.09. The molecule has 3 aromatic rings. The molecule has 0 spiro atoms. The van der Waals surface area contributed by atoms with Crippen molar-refractivity contribution in [3.8, 4) is 17.1 Å². The fraction of sp³-hybridized carbons (Fsp3) is 0.0625. The Balaban J connectivity index is 1.77. The number of pyridine rings is 1. The van der Waals surface area contributed by atoms with E-state index in [1.807, 2.05) is 30.3 Å². The molecule has 3 rings (SSSR count). The van der Waals surface area contributed by atoms with Gasteiger partial charge in [0.05, 0.1) is 30.8 Å². The minimum Gasteiger partial charge on any atom is -0.496 e. The first-order chi connectivity index (χ1) is 10.9. The average Bonchev–Trinajstić information content (AvgIpc) is 3.10. The Kier molecular flexibility index (Phi) is 4.10. The molecule has 110 valence electrons. The minimum atomic E-state index is 0.656. The molecule has 1 N–H and O–H groups in total. The van der Waals surface area contributed by atoms with Crippen LogP contribution in [-0.2, 0) is 0 Å². The maximum Gasteiger partial charge on any atom is 0.181 e. The molecule has 0 saturated heterocycles. The summed E-state index contributed by atoms with van der Waals surface area (Å²) in [5.41, 5.74) is 5.58. The summed E-state index contributed by atoms with van der Waals surface area (Å²) >= 11 is 0. The molecule has 0 aliphatic rings. The number of hydrogen-bond donors (Lipinski definition) is 1. The molecule has 22 heavy (non-hydrogen) atoms. The zero-order valence-electron chi connectivity index (χ0n) is 11.9. The topological polar surface area (TPSA) is 72.5 Å². The Morgan fingerprint density at radius 2 is 2.05 bits per heavy atom. The standard InChI is InChI=1S/C16H14N4O2/c1-21-15-8-13(2-3-14(15)16-10-18-11-22-16)20-19-9-12-4-6-17-7-5-12/h2-11,20H,1H3/b19-9+. The van der Waals surface area contributed by atoms with Crippen molar-refractivity contribution in [2.45, 2.75) is 0 Å². The van der Waals surface area contributed by atoms with E-state index in [0.29, 0.717) is 11.5 Å². The molecule has 0 saturated carbocycles. The van der Waals surface area contributed by atoms with Gasteiger partial charge in [-0.3, -0.25) is 10.4 Å². The SMILES string of the molecule is COc1cc(N/N=C/c2ccncc2)ccc1-c1cnco1. The Morgan fingerprint density at radius 1 is 1.18 bits per heavy atom. The molecule has 6 heteroatoms. The summed E-state index contributed by atoms with van der Waals surface area (Å²) in [7, 11) is 1.61. The van der Waals surface area contributed by atoms with Crippen molar-refractivity contribution in [2.24, 2.45) is 5.10 Å². The van der Waals surface area contributed by atoms with Crippen LogP contribution < -0.4 is 10.2 Å². The number of aromatic nitrogens is 2. The number of methoxy groups -OCH3 is 1. The molecule has 0 bridgehead atoms. The number of rotatable bonds is 5. The maximum atomic E-state index is 5.39. The molecular formula is C16H14N4O2. The fourth-order valence-electron chi connectivity index (χ4n) is 1.94. The minimum absolute atomic E-state index is 0.656. The van der Waals surface area contributed by atoms with Gasteiger partial charge in [0.25, 0.3) is 0 Å². The van der Waals surface area contributed by atoms with E-state index in [1.165, 1.54) is 6.39 Å². The second-order valence-corrected chi connectivity index (χ2v) is 4.43. The number of nitrogens with zero attached hydrogens (tertiary/aromatic N) is 3. The van der Waals surface area contributed by atoms with Gasteiger partial charge >= 0.3 is 0 Å². The highest BCUT2D eigenvalue weighted by Crippen LogP contribution is 2.32. The lowest BCUT2D eigenvalue weighted by Gasteiger charge is -2.08. The van der Waals surface area contributed by atoms with Crippen molar-refractivity contribution in [1.29, 1.82) is 0 Å². The van der Waals surface area contributed by atoms with Crippen molar-refractivity contribution < 1.29 is 9.15 Å². The molecular weight excluding hydrogens is 280 g/mol. The lowest BCUT2D eigenvalue weighted by atomic mass is 10.1. The lowest BCUT2D eigenvalue weighted by Crippen LogP contribution is -1.93. The van der Waals surface area contributed by atoms with E-state index >= 15 is 0 Å². The number of ether oxygens (including phenoxy) is 1. The van der Waals surface area contributed by atoms with Gasteiger partial charge in [-0.05, 0) is 29.8 Å². The van der Waals surface area contributed by atoms with E-state index in [-0.39, 0.29) is 0 Å². The Bertz CT molecular complexity index is 755. The third-order valence-electron chi connectivity index (χ3n) is 3.01. The highest BCUT2D eigenvalue weighted by atomic mass is 16.5. The molecule has 2 aromatic heterocycles. The number of oxazole rings is 1. The van der Waals surface area contributed by atoms with Crippen molar-refractivity contribution in [3.63, 3.8) is 0 Å². The van der Waals surface area contributed by atoms with Crippen LogP contribution in [0.1, 0.15) is 5.56 Å². The molecule has 0 aliphatic heterocycles. The quantitative estimate of drug-likeness (QED) is 0.578.